The molecule has 146 valence electrons. The van der Waals surface area contributed by atoms with Crippen molar-refractivity contribution in [1.29, 1.82) is 0 Å². The zero-order valence-corrected chi connectivity index (χ0v) is 17.5. The highest BCUT2D eigenvalue weighted by atomic mass is 32.2. The molecule has 0 radical (unpaired) electrons. The van der Waals surface area contributed by atoms with Gasteiger partial charge in [-0.1, -0.05) is 0 Å². The molecule has 1 aliphatic heterocycles. The normalized spacial score (nSPS) is 17.0. The van der Waals surface area contributed by atoms with E-state index in [4.69, 9.17) is 4.74 Å². The van der Waals surface area contributed by atoms with Crippen molar-refractivity contribution in [3.63, 3.8) is 0 Å². The monoisotopic (exact) mass is 397 g/mol. The summed E-state index contributed by atoms with van der Waals surface area (Å²) in [5, 5.41) is 0.602. The summed E-state index contributed by atoms with van der Waals surface area (Å²) in [4.78, 5) is 31.1. The van der Waals surface area contributed by atoms with E-state index in [0.717, 1.165) is 17.0 Å². The first-order valence-electron chi connectivity index (χ1n) is 8.98. The van der Waals surface area contributed by atoms with Crippen LogP contribution >= 0.6 is 11.8 Å². The van der Waals surface area contributed by atoms with Crippen molar-refractivity contribution in [2.24, 2.45) is 12.0 Å². The number of thioether (sulfide) groups is 1. The summed E-state index contributed by atoms with van der Waals surface area (Å²) in [6, 6.07) is 8.89. The lowest BCUT2D eigenvalue weighted by atomic mass is 10.2. The molecule has 0 saturated carbocycles. The molecule has 1 aromatic carbocycles. The third-order valence-electron chi connectivity index (χ3n) is 4.71. The second-order valence-corrected chi connectivity index (χ2v) is 7.53. The van der Waals surface area contributed by atoms with Gasteiger partial charge >= 0.3 is 5.97 Å². The maximum absolute atomic E-state index is 12.6. The molecule has 0 atom stereocenters. The summed E-state index contributed by atoms with van der Waals surface area (Å²) >= 11 is 1.35. The van der Waals surface area contributed by atoms with Crippen LogP contribution in [0.3, 0.4) is 0 Å². The molecule has 28 heavy (non-hydrogen) atoms. The van der Waals surface area contributed by atoms with Crippen LogP contribution in [0, 0.1) is 13.8 Å². The predicted octanol–water partition coefficient (Wildman–Crippen LogP) is 4.05. The highest BCUT2D eigenvalue weighted by Gasteiger charge is 2.30. The number of ether oxygens (including phenoxy) is 1. The molecule has 1 aliphatic rings. The van der Waals surface area contributed by atoms with E-state index in [0.29, 0.717) is 27.9 Å². The summed E-state index contributed by atoms with van der Waals surface area (Å²) in [5.74, 6) is -0.434. The lowest BCUT2D eigenvalue weighted by Gasteiger charge is -2.07. The molecule has 0 unspecified atom stereocenters. The summed E-state index contributed by atoms with van der Waals surface area (Å²) in [6.45, 7) is 6.18. The molecule has 1 saturated heterocycles. The lowest BCUT2D eigenvalue weighted by Crippen LogP contribution is -2.23. The molecule has 2 aromatic rings. The number of hydrogen-bond donors (Lipinski definition) is 0. The molecule has 0 N–H and O–H groups in total. The molecular formula is C21H23N3O3S. The second kappa shape index (κ2) is 8.06. The Bertz CT molecular complexity index is 987. The summed E-state index contributed by atoms with van der Waals surface area (Å²) < 4.78 is 7.08. The standard InChI is InChI=1S/C21H23N3O3S/c1-6-27-20(26)15-7-9-17(10-8-15)22-21-24(5)19(25)18(28-21)12-16-11-13(2)23(4)14(16)3/h7-12H,6H2,1-5H3/b18-12-,22-21?. The summed E-state index contributed by atoms with van der Waals surface area (Å²) in [5.41, 5.74) is 4.43. The largest absolute Gasteiger partial charge is 0.462 e. The van der Waals surface area contributed by atoms with Crippen LogP contribution < -0.4 is 0 Å². The molecule has 0 bridgehead atoms. The average Bonchev–Trinajstić information content (AvgIpc) is 3.07. The van der Waals surface area contributed by atoms with Crippen LogP contribution in [0.4, 0.5) is 5.69 Å². The van der Waals surface area contributed by atoms with Gasteiger partial charge in [-0.15, -0.1) is 0 Å². The summed E-state index contributed by atoms with van der Waals surface area (Å²) in [7, 11) is 3.72. The van der Waals surface area contributed by atoms with Gasteiger partial charge in [0.15, 0.2) is 5.17 Å². The van der Waals surface area contributed by atoms with Crippen molar-refractivity contribution in [2.75, 3.05) is 13.7 Å². The Morgan fingerprint density at radius 3 is 2.46 bits per heavy atom. The molecular weight excluding hydrogens is 374 g/mol. The van der Waals surface area contributed by atoms with Crippen LogP contribution in [0.1, 0.15) is 34.2 Å². The topological polar surface area (TPSA) is 63.9 Å². The molecule has 1 fully saturated rings. The Balaban J connectivity index is 1.84. The molecule has 0 aliphatic carbocycles. The van der Waals surface area contributed by atoms with E-state index in [9.17, 15) is 9.59 Å². The van der Waals surface area contributed by atoms with Crippen molar-refractivity contribution in [3.05, 3.63) is 57.8 Å². The van der Waals surface area contributed by atoms with E-state index in [1.54, 1.807) is 43.1 Å². The minimum Gasteiger partial charge on any atom is -0.462 e. The Morgan fingerprint density at radius 1 is 1.21 bits per heavy atom. The number of esters is 1. The SMILES string of the molecule is CCOC(=O)c1ccc(N=C2S/C(=C\c3cc(C)n(C)c3C)C(=O)N2C)cc1. The Hall–Kier alpha value is -2.80. The number of nitrogens with zero attached hydrogens (tertiary/aromatic N) is 3. The van der Waals surface area contributed by atoms with Gasteiger partial charge in [0.05, 0.1) is 22.8 Å². The van der Waals surface area contributed by atoms with Gasteiger partial charge in [-0.05, 0) is 74.5 Å². The van der Waals surface area contributed by atoms with Crippen molar-refractivity contribution in [2.45, 2.75) is 20.8 Å². The van der Waals surface area contributed by atoms with Gasteiger partial charge in [-0.25, -0.2) is 9.79 Å². The second-order valence-electron chi connectivity index (χ2n) is 6.52. The molecule has 3 rings (SSSR count). The predicted molar refractivity (Wildman–Crippen MR) is 113 cm³/mol. The molecule has 2 heterocycles. The fourth-order valence-electron chi connectivity index (χ4n) is 2.82. The van der Waals surface area contributed by atoms with E-state index in [-0.39, 0.29) is 11.9 Å². The Labute approximate surface area is 168 Å². The minimum atomic E-state index is -0.358. The molecule has 1 amide bonds. The smallest absolute Gasteiger partial charge is 0.338 e. The molecule has 1 aromatic heterocycles. The van der Waals surface area contributed by atoms with Gasteiger partial charge in [-0.3, -0.25) is 9.69 Å². The Morgan fingerprint density at radius 2 is 1.89 bits per heavy atom. The van der Waals surface area contributed by atoms with Crippen molar-refractivity contribution < 1.29 is 14.3 Å². The highest BCUT2D eigenvalue weighted by Crippen LogP contribution is 2.34. The van der Waals surface area contributed by atoms with Gasteiger partial charge in [0.1, 0.15) is 0 Å². The van der Waals surface area contributed by atoms with Crippen LogP contribution in [0.15, 0.2) is 40.2 Å². The number of aryl methyl sites for hydroxylation is 1. The number of carbonyl (C=O) groups excluding carboxylic acids is 2. The van der Waals surface area contributed by atoms with Gasteiger partial charge in [0.25, 0.3) is 5.91 Å². The van der Waals surface area contributed by atoms with Crippen LogP contribution in [0.5, 0.6) is 0 Å². The number of benzene rings is 1. The van der Waals surface area contributed by atoms with Crippen molar-refractivity contribution >= 4 is 40.6 Å². The van der Waals surface area contributed by atoms with Gasteiger partial charge in [0.2, 0.25) is 0 Å². The number of amides is 1. The maximum Gasteiger partial charge on any atom is 0.338 e. The molecule has 7 heteroatoms. The molecule has 6 nitrogen and oxygen atoms in total. The minimum absolute atomic E-state index is 0.0761. The quantitative estimate of drug-likeness (QED) is 0.577. The van der Waals surface area contributed by atoms with E-state index in [2.05, 4.69) is 15.6 Å². The first-order chi connectivity index (χ1) is 13.3. The highest BCUT2D eigenvalue weighted by molar-refractivity contribution is 8.18. The van der Waals surface area contributed by atoms with Crippen LogP contribution in [-0.4, -0.2) is 40.2 Å². The molecule has 0 spiro atoms. The third kappa shape index (κ3) is 3.89. The van der Waals surface area contributed by atoms with Crippen molar-refractivity contribution in [3.8, 4) is 0 Å². The van der Waals surface area contributed by atoms with E-state index < -0.39 is 0 Å². The number of carbonyl (C=O) groups is 2. The Kier molecular flexibility index (Phi) is 5.74. The maximum atomic E-state index is 12.6. The van der Waals surface area contributed by atoms with Gasteiger partial charge in [0, 0.05) is 25.5 Å². The van der Waals surface area contributed by atoms with E-state index in [1.165, 1.54) is 11.8 Å². The first kappa shape index (κ1) is 19.9. The lowest BCUT2D eigenvalue weighted by molar-refractivity contribution is -0.121. The zero-order chi connectivity index (χ0) is 20.4. The van der Waals surface area contributed by atoms with Gasteiger partial charge < -0.3 is 9.30 Å². The van der Waals surface area contributed by atoms with Crippen LogP contribution in [0.25, 0.3) is 6.08 Å². The number of amidine groups is 1. The number of aliphatic imine (C=N–C) groups is 1. The number of likely N-dealkylation sites (N-methyl/N-ethyl adjacent to an activating group) is 1. The third-order valence-corrected chi connectivity index (χ3v) is 5.77. The zero-order valence-electron chi connectivity index (χ0n) is 16.6. The first-order valence-corrected chi connectivity index (χ1v) is 9.80. The van der Waals surface area contributed by atoms with Gasteiger partial charge in [-0.2, -0.15) is 0 Å². The summed E-state index contributed by atoms with van der Waals surface area (Å²) in [6.07, 6.45) is 1.91. The number of hydrogen-bond acceptors (Lipinski definition) is 5. The fraction of sp³-hybridized carbons (Fsp3) is 0.286. The average molecular weight is 398 g/mol. The van der Waals surface area contributed by atoms with Crippen LogP contribution in [0.2, 0.25) is 0 Å². The fourth-order valence-corrected chi connectivity index (χ4v) is 3.80. The van der Waals surface area contributed by atoms with Crippen LogP contribution in [-0.2, 0) is 16.6 Å². The van der Waals surface area contributed by atoms with Crippen molar-refractivity contribution in [1.82, 2.24) is 9.47 Å². The number of aromatic nitrogens is 1. The number of rotatable bonds is 4. The van der Waals surface area contributed by atoms with E-state index >= 15 is 0 Å². The van der Waals surface area contributed by atoms with E-state index in [1.807, 2.05) is 27.0 Å².